The van der Waals surface area contributed by atoms with Gasteiger partial charge in [-0.15, -0.1) is 23.1 Å². The largest absolute Gasteiger partial charge is 0.481 e. The standard InChI is InChI=1S/C16H19N5O6S3/c1-27-20-9(8-3-29-15(18-8)17-7-22)11(23)19-10-12(24)21-4-16(5-28-2,14(25)26)6-30-13(10)21/h3,7,10,13H,4-6H2,1-2H3,(H,19,23)(H,25,26)(H,17,18,22)/t10?,13-,16?/m1/s1. The van der Waals surface area contributed by atoms with E-state index in [4.69, 9.17) is 4.84 Å². The lowest BCUT2D eigenvalue weighted by Crippen LogP contribution is -2.74. The molecule has 30 heavy (non-hydrogen) atoms. The van der Waals surface area contributed by atoms with Crippen LogP contribution in [-0.2, 0) is 24.0 Å². The quantitative estimate of drug-likeness (QED) is 0.193. The Morgan fingerprint density at radius 1 is 1.57 bits per heavy atom. The number of hydrogen-bond acceptors (Lipinski definition) is 10. The van der Waals surface area contributed by atoms with Crippen LogP contribution in [0.3, 0.4) is 0 Å². The zero-order valence-corrected chi connectivity index (χ0v) is 18.4. The van der Waals surface area contributed by atoms with Crippen LogP contribution in [0.5, 0.6) is 0 Å². The van der Waals surface area contributed by atoms with Gasteiger partial charge in [0.25, 0.3) is 5.91 Å². The Morgan fingerprint density at radius 2 is 2.33 bits per heavy atom. The summed E-state index contributed by atoms with van der Waals surface area (Å²) in [7, 11) is 1.27. The summed E-state index contributed by atoms with van der Waals surface area (Å²) in [4.78, 5) is 58.0. The number of carboxylic acid groups (broad SMARTS) is 1. The summed E-state index contributed by atoms with van der Waals surface area (Å²) in [6.45, 7) is 0.109. The average Bonchev–Trinajstić information content (AvgIpc) is 3.18. The minimum atomic E-state index is -1.00. The lowest BCUT2D eigenvalue weighted by atomic mass is 9.89. The molecular formula is C16H19N5O6S3. The molecule has 11 nitrogen and oxygen atoms in total. The summed E-state index contributed by atoms with van der Waals surface area (Å²) in [5.74, 6) is -1.19. The van der Waals surface area contributed by atoms with Crippen molar-refractivity contribution in [1.29, 1.82) is 0 Å². The van der Waals surface area contributed by atoms with Gasteiger partial charge in [-0.05, 0) is 6.26 Å². The second kappa shape index (κ2) is 9.22. The van der Waals surface area contributed by atoms with Gasteiger partial charge >= 0.3 is 5.97 Å². The summed E-state index contributed by atoms with van der Waals surface area (Å²) in [6, 6.07) is -0.795. The number of β-lactam (4-membered cyclic amide) rings is 1. The van der Waals surface area contributed by atoms with Gasteiger partial charge in [-0.3, -0.25) is 19.2 Å². The molecule has 3 amide bonds. The van der Waals surface area contributed by atoms with E-state index >= 15 is 0 Å². The van der Waals surface area contributed by atoms with Crippen molar-refractivity contribution >= 4 is 69.9 Å². The molecule has 2 aliphatic heterocycles. The van der Waals surface area contributed by atoms with Gasteiger partial charge in [0.05, 0.1) is 0 Å². The molecule has 2 fully saturated rings. The number of oxime groups is 1. The Kier molecular flexibility index (Phi) is 6.88. The molecular weight excluding hydrogens is 454 g/mol. The minimum Gasteiger partial charge on any atom is -0.481 e. The molecule has 2 unspecified atom stereocenters. The number of thioether (sulfide) groups is 2. The molecule has 2 saturated heterocycles. The van der Waals surface area contributed by atoms with E-state index < -0.39 is 23.3 Å². The van der Waals surface area contributed by atoms with E-state index in [0.29, 0.717) is 17.9 Å². The molecule has 1 aromatic rings. The maximum atomic E-state index is 12.7. The number of amides is 3. The molecule has 162 valence electrons. The first-order valence-electron chi connectivity index (χ1n) is 8.59. The third-order valence-corrected chi connectivity index (χ3v) is 7.83. The Labute approximate surface area is 184 Å². The highest BCUT2D eigenvalue weighted by atomic mass is 32.2. The van der Waals surface area contributed by atoms with Crippen LogP contribution in [0.25, 0.3) is 0 Å². The topological polar surface area (TPSA) is 150 Å². The molecule has 3 heterocycles. The Morgan fingerprint density at radius 3 is 2.97 bits per heavy atom. The highest BCUT2D eigenvalue weighted by molar-refractivity contribution is 8.00. The van der Waals surface area contributed by atoms with Crippen molar-refractivity contribution in [2.45, 2.75) is 11.4 Å². The summed E-state index contributed by atoms with van der Waals surface area (Å²) in [6.07, 6.45) is 2.29. The minimum absolute atomic E-state index is 0.109. The smallest absolute Gasteiger partial charge is 0.313 e. The van der Waals surface area contributed by atoms with E-state index in [1.165, 1.54) is 40.9 Å². The molecule has 0 bridgehead atoms. The van der Waals surface area contributed by atoms with Crippen molar-refractivity contribution in [3.8, 4) is 0 Å². The van der Waals surface area contributed by atoms with Crippen LogP contribution in [0.2, 0.25) is 0 Å². The molecule has 0 saturated carbocycles. The summed E-state index contributed by atoms with van der Waals surface area (Å²) in [5, 5.41) is 19.8. The Balaban J connectivity index is 1.70. The number of thiazole rings is 1. The summed E-state index contributed by atoms with van der Waals surface area (Å²) in [5.41, 5.74) is -0.952. The highest BCUT2D eigenvalue weighted by Gasteiger charge is 2.57. The lowest BCUT2D eigenvalue weighted by molar-refractivity contribution is -0.157. The fourth-order valence-electron chi connectivity index (χ4n) is 3.19. The van der Waals surface area contributed by atoms with Crippen molar-refractivity contribution in [2.24, 2.45) is 10.6 Å². The van der Waals surface area contributed by atoms with Crippen LogP contribution < -0.4 is 10.6 Å². The van der Waals surface area contributed by atoms with Crippen LogP contribution in [-0.4, -0.2) is 87.7 Å². The van der Waals surface area contributed by atoms with E-state index in [1.54, 1.807) is 0 Å². The summed E-state index contributed by atoms with van der Waals surface area (Å²) < 4.78 is 0. The molecule has 0 radical (unpaired) electrons. The van der Waals surface area contributed by atoms with Gasteiger partial charge in [0.1, 0.15) is 29.6 Å². The van der Waals surface area contributed by atoms with Crippen molar-refractivity contribution in [3.05, 3.63) is 11.1 Å². The third-order valence-electron chi connectivity index (χ3n) is 4.63. The third kappa shape index (κ3) is 4.11. The zero-order valence-electron chi connectivity index (χ0n) is 16.0. The maximum Gasteiger partial charge on any atom is 0.313 e. The monoisotopic (exact) mass is 473 g/mol. The number of carbonyl (C=O) groups is 4. The molecule has 0 aliphatic carbocycles. The van der Waals surface area contributed by atoms with Gasteiger partial charge in [-0.2, -0.15) is 11.8 Å². The number of nitrogens with zero attached hydrogens (tertiary/aromatic N) is 3. The number of carbonyl (C=O) groups excluding carboxylic acids is 3. The van der Waals surface area contributed by atoms with Crippen molar-refractivity contribution in [3.63, 3.8) is 0 Å². The highest BCUT2D eigenvalue weighted by Crippen LogP contribution is 2.43. The lowest BCUT2D eigenvalue weighted by Gasteiger charge is -2.53. The molecule has 0 spiro atoms. The number of aromatic nitrogens is 1. The Bertz CT molecular complexity index is 892. The number of rotatable bonds is 9. The van der Waals surface area contributed by atoms with Gasteiger partial charge in [0.15, 0.2) is 10.8 Å². The second-order valence-electron chi connectivity index (χ2n) is 6.56. The number of anilines is 1. The normalized spacial score (nSPS) is 25.7. The first kappa shape index (κ1) is 22.4. The van der Waals surface area contributed by atoms with Crippen molar-refractivity contribution in [1.82, 2.24) is 15.2 Å². The van der Waals surface area contributed by atoms with Crippen LogP contribution in [0.4, 0.5) is 5.13 Å². The fraction of sp³-hybridized carbons (Fsp3) is 0.500. The Hall–Kier alpha value is -2.32. The van der Waals surface area contributed by atoms with Gasteiger partial charge in [-0.25, -0.2) is 4.98 Å². The van der Waals surface area contributed by atoms with E-state index in [2.05, 4.69) is 20.8 Å². The van der Waals surface area contributed by atoms with E-state index in [0.717, 1.165) is 11.3 Å². The first-order valence-corrected chi connectivity index (χ1v) is 11.9. The number of nitrogens with one attached hydrogen (secondary N) is 2. The van der Waals surface area contributed by atoms with Crippen molar-refractivity contribution in [2.75, 3.05) is 36.7 Å². The fourth-order valence-corrected chi connectivity index (χ4v) is 6.38. The maximum absolute atomic E-state index is 12.7. The van der Waals surface area contributed by atoms with Crippen LogP contribution in [0.15, 0.2) is 10.5 Å². The van der Waals surface area contributed by atoms with Crippen LogP contribution in [0.1, 0.15) is 5.69 Å². The number of carboxylic acids is 1. The SMILES string of the molecule is CON=C(C(=O)NC1C(=O)N2CC(CSC)(C(=O)O)CS[C@H]12)c1csc(NC=O)n1. The molecule has 3 N–H and O–H groups in total. The second-order valence-corrected chi connectivity index (χ2v) is 9.39. The van der Waals surface area contributed by atoms with E-state index in [-0.39, 0.29) is 34.4 Å². The predicted molar refractivity (Wildman–Crippen MR) is 114 cm³/mol. The van der Waals surface area contributed by atoms with Crippen LogP contribution >= 0.6 is 34.9 Å². The van der Waals surface area contributed by atoms with Crippen molar-refractivity contribution < 1.29 is 29.1 Å². The van der Waals surface area contributed by atoms with Crippen LogP contribution in [0, 0.1) is 5.41 Å². The van der Waals surface area contributed by atoms with E-state index in [1.807, 2.05) is 6.26 Å². The molecule has 2 aliphatic rings. The van der Waals surface area contributed by atoms with Gasteiger partial charge in [0, 0.05) is 23.4 Å². The molecule has 3 atom stereocenters. The van der Waals surface area contributed by atoms with Gasteiger partial charge in [0.2, 0.25) is 12.3 Å². The summed E-state index contributed by atoms with van der Waals surface area (Å²) >= 11 is 3.86. The number of aliphatic carboxylic acids is 1. The average molecular weight is 474 g/mol. The molecule has 1 aromatic heterocycles. The predicted octanol–water partition coefficient (Wildman–Crippen LogP) is -0.104. The molecule has 14 heteroatoms. The van der Waals surface area contributed by atoms with Gasteiger partial charge < -0.3 is 25.5 Å². The number of hydrogen-bond donors (Lipinski definition) is 3. The molecule has 0 aromatic carbocycles. The van der Waals surface area contributed by atoms with Gasteiger partial charge in [-0.1, -0.05) is 5.16 Å². The number of fused-ring (bicyclic) bond motifs is 1. The van der Waals surface area contributed by atoms with E-state index in [9.17, 15) is 24.3 Å². The first-order chi connectivity index (χ1) is 14.4. The zero-order chi connectivity index (χ0) is 21.9. The molecule has 3 rings (SSSR count).